The Hall–Kier alpha value is -2.08. The fourth-order valence-electron chi connectivity index (χ4n) is 2.01. The number of rotatable bonds is 2. The molecule has 18 heavy (non-hydrogen) atoms. The normalized spacial score (nSPS) is 12.8. The third kappa shape index (κ3) is 1.80. The minimum Gasteiger partial charge on any atom is -0.506 e. The van der Waals surface area contributed by atoms with E-state index in [-0.39, 0.29) is 23.9 Å². The van der Waals surface area contributed by atoms with Gasteiger partial charge in [0.05, 0.1) is 10.9 Å². The second-order valence-corrected chi connectivity index (χ2v) is 4.41. The second kappa shape index (κ2) is 4.30. The van der Waals surface area contributed by atoms with Crippen LogP contribution in [0.3, 0.4) is 0 Å². The van der Waals surface area contributed by atoms with Gasteiger partial charge in [0.1, 0.15) is 5.75 Å². The van der Waals surface area contributed by atoms with Crippen LogP contribution in [0.4, 0.5) is 0 Å². The van der Waals surface area contributed by atoms with E-state index in [9.17, 15) is 14.7 Å². The van der Waals surface area contributed by atoms with Gasteiger partial charge in [0, 0.05) is 19.6 Å². The van der Waals surface area contributed by atoms with Gasteiger partial charge in [0.15, 0.2) is 0 Å². The number of nitrogens with two attached hydrogens (primary N) is 1. The molecule has 6 heteroatoms. The van der Waals surface area contributed by atoms with Crippen molar-refractivity contribution < 1.29 is 5.11 Å². The molecule has 1 unspecified atom stereocenters. The molecule has 2 aromatic rings. The fraction of sp³-hybridized carbons (Fsp3) is 0.333. The summed E-state index contributed by atoms with van der Waals surface area (Å²) in [5.74, 6) is -0.0860. The summed E-state index contributed by atoms with van der Waals surface area (Å²) in [4.78, 5) is 24.2. The first-order valence-electron chi connectivity index (χ1n) is 5.60. The predicted molar refractivity (Wildman–Crippen MR) is 68.8 cm³/mol. The molecule has 0 aliphatic heterocycles. The molecule has 1 atom stereocenters. The Morgan fingerprint density at radius 3 is 2.67 bits per heavy atom. The highest BCUT2D eigenvalue weighted by Gasteiger charge is 2.13. The Morgan fingerprint density at radius 2 is 2.06 bits per heavy atom. The lowest BCUT2D eigenvalue weighted by Gasteiger charge is -2.12. The van der Waals surface area contributed by atoms with Crippen LogP contribution in [0, 0.1) is 0 Å². The number of nitrogens with zero attached hydrogens (tertiary/aromatic N) is 2. The van der Waals surface area contributed by atoms with E-state index >= 15 is 0 Å². The van der Waals surface area contributed by atoms with Gasteiger partial charge in [0.2, 0.25) is 0 Å². The van der Waals surface area contributed by atoms with Crippen LogP contribution in [0.25, 0.3) is 10.9 Å². The Bertz CT molecular complexity index is 713. The van der Waals surface area contributed by atoms with E-state index in [0.717, 1.165) is 4.57 Å². The molecule has 1 heterocycles. The van der Waals surface area contributed by atoms with Gasteiger partial charge in [-0.15, -0.1) is 0 Å². The number of para-hydroxylation sites is 1. The highest BCUT2D eigenvalue weighted by atomic mass is 16.3. The molecule has 96 valence electrons. The van der Waals surface area contributed by atoms with Gasteiger partial charge in [-0.2, -0.15) is 0 Å². The molecule has 0 aliphatic rings. The zero-order chi connectivity index (χ0) is 13.4. The van der Waals surface area contributed by atoms with Gasteiger partial charge in [-0.25, -0.2) is 4.79 Å². The summed E-state index contributed by atoms with van der Waals surface area (Å²) in [5, 5.41) is 10.0. The van der Waals surface area contributed by atoms with Crippen LogP contribution in [0.15, 0.2) is 27.8 Å². The van der Waals surface area contributed by atoms with Crippen molar-refractivity contribution in [3.8, 4) is 5.75 Å². The van der Waals surface area contributed by atoms with E-state index in [0.29, 0.717) is 5.39 Å². The van der Waals surface area contributed by atoms with Gasteiger partial charge in [-0.05, 0) is 19.1 Å². The van der Waals surface area contributed by atoms with E-state index in [1.54, 1.807) is 19.1 Å². The molecule has 0 aliphatic carbocycles. The van der Waals surface area contributed by atoms with Crippen LogP contribution in [0.1, 0.15) is 6.92 Å². The Morgan fingerprint density at radius 1 is 1.39 bits per heavy atom. The van der Waals surface area contributed by atoms with Crippen LogP contribution >= 0.6 is 0 Å². The molecule has 1 aromatic carbocycles. The number of aromatic nitrogens is 2. The molecule has 0 spiro atoms. The average Bonchev–Trinajstić information content (AvgIpc) is 2.31. The Labute approximate surface area is 103 Å². The van der Waals surface area contributed by atoms with Crippen LogP contribution in [-0.2, 0) is 13.6 Å². The zero-order valence-corrected chi connectivity index (χ0v) is 10.3. The maximum Gasteiger partial charge on any atom is 0.331 e. The number of hydrogen-bond donors (Lipinski definition) is 2. The maximum absolute atomic E-state index is 12.2. The van der Waals surface area contributed by atoms with Gasteiger partial charge >= 0.3 is 5.69 Å². The predicted octanol–water partition coefficient (Wildman–Crippen LogP) is -0.247. The first kappa shape index (κ1) is 12.4. The highest BCUT2D eigenvalue weighted by molar-refractivity contribution is 5.83. The van der Waals surface area contributed by atoms with Crippen molar-refractivity contribution in [2.75, 3.05) is 0 Å². The van der Waals surface area contributed by atoms with Crippen LogP contribution < -0.4 is 17.0 Å². The number of aromatic hydroxyl groups is 1. The van der Waals surface area contributed by atoms with Gasteiger partial charge in [0.25, 0.3) is 5.56 Å². The van der Waals surface area contributed by atoms with Crippen molar-refractivity contribution >= 4 is 10.9 Å². The van der Waals surface area contributed by atoms with Crippen molar-refractivity contribution in [2.45, 2.75) is 19.5 Å². The number of hydrogen-bond acceptors (Lipinski definition) is 4. The summed E-state index contributed by atoms with van der Waals surface area (Å²) in [6, 6.07) is 4.29. The molecular formula is C12H15N3O3. The smallest absolute Gasteiger partial charge is 0.331 e. The van der Waals surface area contributed by atoms with Crippen molar-refractivity contribution in [1.29, 1.82) is 0 Å². The molecule has 6 nitrogen and oxygen atoms in total. The molecule has 0 amide bonds. The second-order valence-electron chi connectivity index (χ2n) is 4.41. The van der Waals surface area contributed by atoms with Crippen LogP contribution in [0.5, 0.6) is 5.75 Å². The SMILES string of the molecule is CC(N)Cn1c(=O)c2cccc(O)c2n(C)c1=O. The molecule has 0 saturated heterocycles. The lowest BCUT2D eigenvalue weighted by molar-refractivity contribution is 0.475. The van der Waals surface area contributed by atoms with Gasteiger partial charge in [-0.3, -0.25) is 13.9 Å². The van der Waals surface area contributed by atoms with Crippen LogP contribution in [0.2, 0.25) is 0 Å². The van der Waals surface area contributed by atoms with E-state index in [1.807, 2.05) is 0 Å². The molecule has 2 rings (SSSR count). The van der Waals surface area contributed by atoms with Crippen molar-refractivity contribution in [2.24, 2.45) is 12.8 Å². The summed E-state index contributed by atoms with van der Waals surface area (Å²) in [5.41, 5.74) is 4.96. The molecule has 0 saturated carbocycles. The van der Waals surface area contributed by atoms with Crippen molar-refractivity contribution in [1.82, 2.24) is 9.13 Å². The minimum absolute atomic E-state index is 0.0860. The van der Waals surface area contributed by atoms with Gasteiger partial charge in [-0.1, -0.05) is 6.07 Å². The summed E-state index contributed by atoms with van der Waals surface area (Å²) >= 11 is 0. The summed E-state index contributed by atoms with van der Waals surface area (Å²) in [6.07, 6.45) is 0. The number of benzene rings is 1. The Balaban J connectivity index is 2.93. The lowest BCUT2D eigenvalue weighted by Crippen LogP contribution is -2.42. The minimum atomic E-state index is -0.480. The average molecular weight is 249 g/mol. The molecule has 0 radical (unpaired) electrons. The largest absolute Gasteiger partial charge is 0.506 e. The first-order valence-corrected chi connectivity index (χ1v) is 5.60. The van der Waals surface area contributed by atoms with Crippen LogP contribution in [-0.4, -0.2) is 20.3 Å². The molecular weight excluding hydrogens is 234 g/mol. The van der Waals surface area contributed by atoms with E-state index in [4.69, 9.17) is 5.73 Å². The fourth-order valence-corrected chi connectivity index (χ4v) is 2.01. The molecule has 0 fully saturated rings. The maximum atomic E-state index is 12.2. The first-order chi connectivity index (χ1) is 8.43. The molecule has 3 N–H and O–H groups in total. The number of phenolic OH excluding ortho intramolecular Hbond substituents is 1. The van der Waals surface area contributed by atoms with E-state index in [2.05, 4.69) is 0 Å². The summed E-state index contributed by atoms with van der Waals surface area (Å²) in [6.45, 7) is 1.87. The lowest BCUT2D eigenvalue weighted by atomic mass is 10.2. The third-order valence-corrected chi connectivity index (χ3v) is 2.81. The van der Waals surface area contributed by atoms with Crippen molar-refractivity contribution in [3.05, 3.63) is 39.0 Å². The van der Waals surface area contributed by atoms with Gasteiger partial charge < -0.3 is 10.8 Å². The molecule has 0 bridgehead atoms. The monoisotopic (exact) mass is 249 g/mol. The number of aryl methyl sites for hydroxylation is 1. The zero-order valence-electron chi connectivity index (χ0n) is 10.3. The Kier molecular flexibility index (Phi) is 2.96. The van der Waals surface area contributed by atoms with E-state index in [1.165, 1.54) is 17.7 Å². The number of phenols is 1. The van der Waals surface area contributed by atoms with E-state index < -0.39 is 11.2 Å². The quantitative estimate of drug-likeness (QED) is 0.768. The molecule has 1 aromatic heterocycles. The van der Waals surface area contributed by atoms with Crippen molar-refractivity contribution in [3.63, 3.8) is 0 Å². The summed E-state index contributed by atoms with van der Waals surface area (Å²) < 4.78 is 2.35. The third-order valence-electron chi connectivity index (χ3n) is 2.81. The highest BCUT2D eigenvalue weighted by Crippen LogP contribution is 2.19. The summed E-state index contributed by atoms with van der Waals surface area (Å²) in [7, 11) is 1.52. The standard InChI is InChI=1S/C12H15N3O3/c1-7(13)6-15-11(17)8-4-3-5-9(16)10(8)14(2)12(15)18/h3-5,7,16H,6,13H2,1-2H3. The number of fused-ring (bicyclic) bond motifs is 1. The topological polar surface area (TPSA) is 90.2 Å².